The summed E-state index contributed by atoms with van der Waals surface area (Å²) in [5.74, 6) is 1.02. The summed E-state index contributed by atoms with van der Waals surface area (Å²) >= 11 is 0. The standard InChI is InChI=1S/C13H14N4O3/c1-8-12(17(18)19)11(16-13(14-2)15-8)9-4-6-10(20-3)7-5-9/h4-7H,1-3H3,(H,14,15,16). The lowest BCUT2D eigenvalue weighted by molar-refractivity contribution is -0.385. The van der Waals surface area contributed by atoms with Crippen LogP contribution in [0.1, 0.15) is 5.69 Å². The molecule has 0 fully saturated rings. The number of nitrogens with one attached hydrogen (secondary N) is 1. The minimum absolute atomic E-state index is 0.0887. The molecule has 2 rings (SSSR count). The second kappa shape index (κ2) is 5.52. The molecule has 7 nitrogen and oxygen atoms in total. The van der Waals surface area contributed by atoms with Gasteiger partial charge in [-0.2, -0.15) is 0 Å². The number of ether oxygens (including phenoxy) is 1. The number of aromatic nitrogens is 2. The number of anilines is 1. The molecule has 0 spiro atoms. The molecule has 0 aliphatic carbocycles. The van der Waals surface area contributed by atoms with Crippen LogP contribution >= 0.6 is 0 Å². The minimum Gasteiger partial charge on any atom is -0.497 e. The van der Waals surface area contributed by atoms with Gasteiger partial charge in [0.25, 0.3) is 0 Å². The second-order valence-corrected chi connectivity index (χ2v) is 4.07. The third kappa shape index (κ3) is 2.51. The van der Waals surface area contributed by atoms with Crippen LogP contribution in [0.2, 0.25) is 0 Å². The molecule has 0 bridgehead atoms. The van der Waals surface area contributed by atoms with Crippen LogP contribution in [-0.4, -0.2) is 29.0 Å². The van der Waals surface area contributed by atoms with Crippen molar-refractivity contribution in [2.24, 2.45) is 0 Å². The molecule has 0 atom stereocenters. The normalized spacial score (nSPS) is 10.2. The average Bonchev–Trinajstić information content (AvgIpc) is 2.46. The van der Waals surface area contributed by atoms with Gasteiger partial charge in [0, 0.05) is 12.6 Å². The molecule has 1 N–H and O–H groups in total. The monoisotopic (exact) mass is 274 g/mol. The van der Waals surface area contributed by atoms with Gasteiger partial charge in [0.05, 0.1) is 12.0 Å². The number of hydrogen-bond acceptors (Lipinski definition) is 6. The van der Waals surface area contributed by atoms with Crippen LogP contribution in [-0.2, 0) is 0 Å². The Kier molecular flexibility index (Phi) is 3.79. The Balaban J connectivity index is 2.63. The number of rotatable bonds is 4. The van der Waals surface area contributed by atoms with E-state index in [2.05, 4.69) is 15.3 Å². The van der Waals surface area contributed by atoms with E-state index in [-0.39, 0.29) is 11.4 Å². The first-order valence-electron chi connectivity index (χ1n) is 5.92. The van der Waals surface area contributed by atoms with Crippen molar-refractivity contribution < 1.29 is 9.66 Å². The third-order valence-corrected chi connectivity index (χ3v) is 2.83. The van der Waals surface area contributed by atoms with E-state index >= 15 is 0 Å². The van der Waals surface area contributed by atoms with E-state index < -0.39 is 4.92 Å². The molecular weight excluding hydrogens is 260 g/mol. The predicted molar refractivity (Wildman–Crippen MR) is 75.0 cm³/mol. The Morgan fingerprint density at radius 3 is 2.40 bits per heavy atom. The molecule has 1 aromatic heterocycles. The SMILES string of the molecule is CNc1nc(C)c([N+](=O)[O-])c(-c2ccc(OC)cc2)n1. The minimum atomic E-state index is -0.464. The summed E-state index contributed by atoms with van der Waals surface area (Å²) in [6.45, 7) is 1.59. The molecule has 7 heteroatoms. The molecule has 104 valence electrons. The summed E-state index contributed by atoms with van der Waals surface area (Å²) < 4.78 is 5.07. The van der Waals surface area contributed by atoms with E-state index in [0.29, 0.717) is 23.0 Å². The first-order valence-corrected chi connectivity index (χ1v) is 5.92. The Labute approximate surface area is 115 Å². The van der Waals surface area contributed by atoms with Crippen molar-refractivity contribution in [3.8, 4) is 17.0 Å². The summed E-state index contributed by atoms with van der Waals surface area (Å²) in [5, 5.41) is 14.0. The lowest BCUT2D eigenvalue weighted by atomic mass is 10.1. The van der Waals surface area contributed by atoms with E-state index in [1.807, 2.05) is 0 Å². The highest BCUT2D eigenvalue weighted by Crippen LogP contribution is 2.31. The number of nitro groups is 1. The molecule has 0 aliphatic rings. The lowest BCUT2D eigenvalue weighted by Crippen LogP contribution is -2.05. The molecule has 20 heavy (non-hydrogen) atoms. The number of hydrogen-bond donors (Lipinski definition) is 1. The third-order valence-electron chi connectivity index (χ3n) is 2.83. The van der Waals surface area contributed by atoms with Crippen LogP contribution < -0.4 is 10.1 Å². The number of benzene rings is 1. The van der Waals surface area contributed by atoms with Gasteiger partial charge in [0.2, 0.25) is 5.95 Å². The molecule has 2 aromatic rings. The van der Waals surface area contributed by atoms with E-state index in [1.54, 1.807) is 45.3 Å². The van der Waals surface area contributed by atoms with Crippen LogP contribution in [0.15, 0.2) is 24.3 Å². The number of aryl methyl sites for hydroxylation is 1. The van der Waals surface area contributed by atoms with Crippen LogP contribution in [0.3, 0.4) is 0 Å². The fourth-order valence-electron chi connectivity index (χ4n) is 1.85. The first-order chi connectivity index (χ1) is 9.56. The zero-order chi connectivity index (χ0) is 14.7. The van der Waals surface area contributed by atoms with Crippen LogP contribution in [0.5, 0.6) is 5.75 Å². The number of methoxy groups -OCH3 is 1. The van der Waals surface area contributed by atoms with Crippen molar-refractivity contribution in [2.45, 2.75) is 6.92 Å². The highest BCUT2D eigenvalue weighted by Gasteiger charge is 2.22. The van der Waals surface area contributed by atoms with Gasteiger partial charge < -0.3 is 10.1 Å². The van der Waals surface area contributed by atoms with Crippen molar-refractivity contribution in [1.29, 1.82) is 0 Å². The summed E-state index contributed by atoms with van der Waals surface area (Å²) in [6, 6.07) is 6.92. The maximum atomic E-state index is 11.2. The molecule has 0 unspecified atom stereocenters. The highest BCUT2D eigenvalue weighted by molar-refractivity contribution is 5.72. The average molecular weight is 274 g/mol. The van der Waals surface area contributed by atoms with Gasteiger partial charge in [0.1, 0.15) is 11.4 Å². The fraction of sp³-hybridized carbons (Fsp3) is 0.231. The summed E-state index contributed by atoms with van der Waals surface area (Å²) in [6.07, 6.45) is 0. The summed E-state index contributed by atoms with van der Waals surface area (Å²) in [7, 11) is 3.23. The quantitative estimate of drug-likeness (QED) is 0.680. The Morgan fingerprint density at radius 2 is 1.90 bits per heavy atom. The van der Waals surface area contributed by atoms with Crippen molar-refractivity contribution in [3.05, 3.63) is 40.1 Å². The van der Waals surface area contributed by atoms with Gasteiger partial charge in [-0.15, -0.1) is 0 Å². The predicted octanol–water partition coefficient (Wildman–Crippen LogP) is 2.41. The molecule has 1 aromatic carbocycles. The summed E-state index contributed by atoms with van der Waals surface area (Å²) in [4.78, 5) is 19.0. The molecular formula is C13H14N4O3. The zero-order valence-electron chi connectivity index (χ0n) is 11.4. The highest BCUT2D eigenvalue weighted by atomic mass is 16.6. The van der Waals surface area contributed by atoms with Crippen molar-refractivity contribution in [3.63, 3.8) is 0 Å². The van der Waals surface area contributed by atoms with Crippen molar-refractivity contribution in [1.82, 2.24) is 9.97 Å². The Morgan fingerprint density at radius 1 is 1.25 bits per heavy atom. The first kappa shape index (κ1) is 13.7. The molecule has 0 amide bonds. The van der Waals surface area contributed by atoms with Crippen molar-refractivity contribution in [2.75, 3.05) is 19.5 Å². The number of nitrogens with zero attached hydrogens (tertiary/aromatic N) is 3. The maximum absolute atomic E-state index is 11.2. The molecule has 0 saturated carbocycles. The van der Waals surface area contributed by atoms with E-state index in [1.165, 1.54) is 0 Å². The van der Waals surface area contributed by atoms with Crippen LogP contribution in [0, 0.1) is 17.0 Å². The van der Waals surface area contributed by atoms with Gasteiger partial charge in [-0.1, -0.05) is 0 Å². The zero-order valence-corrected chi connectivity index (χ0v) is 11.4. The Bertz CT molecular complexity index is 641. The molecule has 1 heterocycles. The van der Waals surface area contributed by atoms with Crippen LogP contribution in [0.4, 0.5) is 11.6 Å². The van der Waals surface area contributed by atoms with Gasteiger partial charge in [0.15, 0.2) is 5.69 Å². The van der Waals surface area contributed by atoms with E-state index in [0.717, 1.165) is 0 Å². The van der Waals surface area contributed by atoms with Gasteiger partial charge >= 0.3 is 5.69 Å². The molecule has 0 saturated heterocycles. The van der Waals surface area contributed by atoms with Crippen LogP contribution in [0.25, 0.3) is 11.3 Å². The van der Waals surface area contributed by atoms with E-state index in [9.17, 15) is 10.1 Å². The van der Waals surface area contributed by atoms with E-state index in [4.69, 9.17) is 4.74 Å². The van der Waals surface area contributed by atoms with Crippen molar-refractivity contribution >= 4 is 11.6 Å². The van der Waals surface area contributed by atoms with Gasteiger partial charge in [-0.25, -0.2) is 9.97 Å². The maximum Gasteiger partial charge on any atom is 0.316 e. The topological polar surface area (TPSA) is 90.2 Å². The van der Waals surface area contributed by atoms with Gasteiger partial charge in [-0.05, 0) is 31.2 Å². The van der Waals surface area contributed by atoms with Gasteiger partial charge in [-0.3, -0.25) is 10.1 Å². The second-order valence-electron chi connectivity index (χ2n) is 4.07. The molecule has 0 radical (unpaired) electrons. The largest absolute Gasteiger partial charge is 0.497 e. The fourth-order valence-corrected chi connectivity index (χ4v) is 1.85. The summed E-state index contributed by atoms with van der Waals surface area (Å²) in [5.41, 5.74) is 1.16. The smallest absolute Gasteiger partial charge is 0.316 e. The lowest BCUT2D eigenvalue weighted by Gasteiger charge is -2.08. The molecule has 0 aliphatic heterocycles. The Hall–Kier alpha value is -2.70.